The molecule has 0 aliphatic heterocycles. The first-order chi connectivity index (χ1) is 7.77. The molecule has 1 aliphatic carbocycles. The molecule has 0 saturated carbocycles. The molecule has 2 rings (SSSR count). The van der Waals surface area contributed by atoms with E-state index in [-0.39, 0.29) is 6.09 Å². The summed E-state index contributed by atoms with van der Waals surface area (Å²) in [4.78, 5) is 13.3. The molecule has 1 aliphatic rings. The number of allylic oxidation sites excluding steroid dienone is 2. The zero-order valence-corrected chi connectivity index (χ0v) is 9.35. The fourth-order valence-electron chi connectivity index (χ4n) is 1.67. The first kappa shape index (κ1) is 10.7. The van der Waals surface area contributed by atoms with Crippen molar-refractivity contribution in [3.8, 4) is 0 Å². The molecule has 0 fully saturated rings. The Morgan fingerprint density at radius 2 is 2.06 bits per heavy atom. The standard InChI is InChI=1S/C13H15NO2/c1-14(11-7-3-2-4-8-11)13(15)16-12-9-5-6-10-12/h2-4,7-9H,5-6,10H2,1H3. The normalized spacial score (nSPS) is 14.4. The Morgan fingerprint density at radius 3 is 2.69 bits per heavy atom. The molecular weight excluding hydrogens is 202 g/mol. The Labute approximate surface area is 95.3 Å². The molecule has 1 aromatic rings. The number of carbonyl (C=O) groups excluding carboxylic acids is 1. The molecule has 3 heteroatoms. The number of anilines is 1. The predicted octanol–water partition coefficient (Wildman–Crippen LogP) is 3.33. The van der Waals surface area contributed by atoms with E-state index in [1.165, 1.54) is 4.90 Å². The number of benzene rings is 1. The van der Waals surface area contributed by atoms with Crippen LogP contribution in [0.3, 0.4) is 0 Å². The van der Waals surface area contributed by atoms with Crippen LogP contribution in [0.1, 0.15) is 19.3 Å². The predicted molar refractivity (Wildman–Crippen MR) is 63.3 cm³/mol. The second kappa shape index (κ2) is 4.84. The number of ether oxygens (including phenoxy) is 1. The molecule has 0 N–H and O–H groups in total. The lowest BCUT2D eigenvalue weighted by atomic mass is 10.3. The summed E-state index contributed by atoms with van der Waals surface area (Å²) in [5.74, 6) is 0.799. The van der Waals surface area contributed by atoms with Crippen molar-refractivity contribution in [2.45, 2.75) is 19.3 Å². The first-order valence-electron chi connectivity index (χ1n) is 5.47. The second-order valence-electron chi connectivity index (χ2n) is 3.83. The average Bonchev–Trinajstić information content (AvgIpc) is 2.82. The van der Waals surface area contributed by atoms with E-state index in [1.807, 2.05) is 36.4 Å². The van der Waals surface area contributed by atoms with Gasteiger partial charge in [-0.15, -0.1) is 0 Å². The highest BCUT2D eigenvalue weighted by Gasteiger charge is 2.15. The van der Waals surface area contributed by atoms with Gasteiger partial charge in [-0.1, -0.05) is 18.2 Å². The van der Waals surface area contributed by atoms with Crippen molar-refractivity contribution >= 4 is 11.8 Å². The molecule has 84 valence electrons. The Kier molecular flexibility index (Phi) is 3.25. The fourth-order valence-corrected chi connectivity index (χ4v) is 1.67. The zero-order chi connectivity index (χ0) is 11.4. The summed E-state index contributed by atoms with van der Waals surface area (Å²) in [6.45, 7) is 0. The number of carbonyl (C=O) groups is 1. The van der Waals surface area contributed by atoms with Crippen molar-refractivity contribution in [3.63, 3.8) is 0 Å². The topological polar surface area (TPSA) is 29.5 Å². The minimum Gasteiger partial charge on any atom is -0.415 e. The molecule has 16 heavy (non-hydrogen) atoms. The molecule has 0 unspecified atom stereocenters. The first-order valence-corrected chi connectivity index (χ1v) is 5.47. The van der Waals surface area contributed by atoms with Crippen LogP contribution in [0.15, 0.2) is 42.2 Å². The van der Waals surface area contributed by atoms with E-state index in [0.29, 0.717) is 0 Å². The molecule has 0 spiro atoms. The van der Waals surface area contributed by atoms with E-state index in [0.717, 1.165) is 30.7 Å². The highest BCUT2D eigenvalue weighted by atomic mass is 16.6. The molecule has 0 atom stereocenters. The lowest BCUT2D eigenvalue weighted by molar-refractivity contribution is 0.183. The fraction of sp³-hybridized carbons (Fsp3) is 0.308. The van der Waals surface area contributed by atoms with E-state index in [4.69, 9.17) is 4.74 Å². The lowest BCUT2D eigenvalue weighted by Crippen LogP contribution is -2.26. The average molecular weight is 217 g/mol. The molecule has 0 aromatic heterocycles. The molecule has 1 aromatic carbocycles. The smallest absolute Gasteiger partial charge is 0.415 e. The van der Waals surface area contributed by atoms with Gasteiger partial charge in [0.05, 0.1) is 0 Å². The number of hydrogen-bond acceptors (Lipinski definition) is 2. The largest absolute Gasteiger partial charge is 0.419 e. The summed E-state index contributed by atoms with van der Waals surface area (Å²) >= 11 is 0. The van der Waals surface area contributed by atoms with Crippen LogP contribution in [0.2, 0.25) is 0 Å². The monoisotopic (exact) mass is 217 g/mol. The van der Waals surface area contributed by atoms with Crippen LogP contribution >= 0.6 is 0 Å². The molecule has 0 radical (unpaired) electrons. The quantitative estimate of drug-likeness (QED) is 0.760. The number of rotatable bonds is 2. The van der Waals surface area contributed by atoms with E-state index in [9.17, 15) is 4.79 Å². The molecule has 3 nitrogen and oxygen atoms in total. The van der Waals surface area contributed by atoms with Crippen molar-refractivity contribution in [3.05, 3.63) is 42.2 Å². The van der Waals surface area contributed by atoms with Gasteiger partial charge in [0, 0.05) is 19.2 Å². The van der Waals surface area contributed by atoms with Crippen molar-refractivity contribution in [2.24, 2.45) is 0 Å². The van der Waals surface area contributed by atoms with Crippen LogP contribution in [-0.4, -0.2) is 13.1 Å². The maximum absolute atomic E-state index is 11.8. The number of nitrogens with zero attached hydrogens (tertiary/aromatic N) is 1. The van der Waals surface area contributed by atoms with Crippen molar-refractivity contribution < 1.29 is 9.53 Å². The van der Waals surface area contributed by atoms with Crippen molar-refractivity contribution in [1.82, 2.24) is 0 Å². The van der Waals surface area contributed by atoms with E-state index < -0.39 is 0 Å². The van der Waals surface area contributed by atoms with Gasteiger partial charge in [-0.2, -0.15) is 0 Å². The summed E-state index contributed by atoms with van der Waals surface area (Å²) in [6, 6.07) is 9.47. The maximum atomic E-state index is 11.8. The van der Waals surface area contributed by atoms with Gasteiger partial charge in [0.1, 0.15) is 5.76 Å². The third-order valence-electron chi connectivity index (χ3n) is 2.64. The summed E-state index contributed by atoms with van der Waals surface area (Å²) in [5, 5.41) is 0. The van der Waals surface area contributed by atoms with Gasteiger partial charge in [-0.3, -0.25) is 4.90 Å². The van der Waals surface area contributed by atoms with Gasteiger partial charge >= 0.3 is 6.09 Å². The van der Waals surface area contributed by atoms with Crippen LogP contribution in [0.5, 0.6) is 0 Å². The molecule has 0 saturated heterocycles. The van der Waals surface area contributed by atoms with Gasteiger partial charge in [-0.25, -0.2) is 4.79 Å². The Hall–Kier alpha value is -1.77. The third-order valence-corrected chi connectivity index (χ3v) is 2.64. The van der Waals surface area contributed by atoms with Crippen LogP contribution in [-0.2, 0) is 4.74 Å². The van der Waals surface area contributed by atoms with Crippen LogP contribution in [0.4, 0.5) is 10.5 Å². The van der Waals surface area contributed by atoms with Gasteiger partial charge in [0.25, 0.3) is 0 Å². The van der Waals surface area contributed by atoms with Gasteiger partial charge in [-0.05, 0) is 31.1 Å². The van der Waals surface area contributed by atoms with Crippen LogP contribution in [0.25, 0.3) is 0 Å². The second-order valence-corrected chi connectivity index (χ2v) is 3.83. The van der Waals surface area contributed by atoms with Crippen LogP contribution < -0.4 is 4.90 Å². The van der Waals surface area contributed by atoms with Crippen LogP contribution in [0, 0.1) is 0 Å². The van der Waals surface area contributed by atoms with Gasteiger partial charge in [0.2, 0.25) is 0 Å². The Bertz CT molecular complexity index is 398. The summed E-state index contributed by atoms with van der Waals surface area (Å²) in [5.41, 5.74) is 0.839. The lowest BCUT2D eigenvalue weighted by Gasteiger charge is -2.17. The van der Waals surface area contributed by atoms with Crippen molar-refractivity contribution in [1.29, 1.82) is 0 Å². The minimum absolute atomic E-state index is 0.320. The minimum atomic E-state index is -0.320. The maximum Gasteiger partial charge on any atom is 0.419 e. The molecule has 0 heterocycles. The van der Waals surface area contributed by atoms with E-state index in [2.05, 4.69) is 0 Å². The number of para-hydroxylation sites is 1. The summed E-state index contributed by atoms with van der Waals surface area (Å²) in [7, 11) is 1.72. The summed E-state index contributed by atoms with van der Waals surface area (Å²) in [6.07, 6.45) is 4.62. The van der Waals surface area contributed by atoms with E-state index >= 15 is 0 Å². The third kappa shape index (κ3) is 2.42. The Morgan fingerprint density at radius 1 is 1.31 bits per heavy atom. The number of amides is 1. The van der Waals surface area contributed by atoms with Gasteiger partial charge in [0.15, 0.2) is 0 Å². The highest BCUT2D eigenvalue weighted by molar-refractivity contribution is 5.87. The number of hydrogen-bond donors (Lipinski definition) is 0. The summed E-state index contributed by atoms with van der Waals surface area (Å²) < 4.78 is 5.28. The SMILES string of the molecule is CN(C(=O)OC1=CCCC1)c1ccccc1. The Balaban J connectivity index is 1.99. The van der Waals surface area contributed by atoms with Gasteiger partial charge < -0.3 is 4.74 Å². The molecular formula is C13H15NO2. The zero-order valence-electron chi connectivity index (χ0n) is 9.35. The molecule has 0 bridgehead atoms. The van der Waals surface area contributed by atoms with E-state index in [1.54, 1.807) is 7.05 Å². The highest BCUT2D eigenvalue weighted by Crippen LogP contribution is 2.20. The van der Waals surface area contributed by atoms with Crippen molar-refractivity contribution in [2.75, 3.05) is 11.9 Å². The molecule has 1 amide bonds.